The van der Waals surface area contributed by atoms with Crippen LogP contribution < -0.4 is 15.8 Å². The summed E-state index contributed by atoms with van der Waals surface area (Å²) in [4.78, 5) is 22.0. The molecule has 2 aromatic carbocycles. The molecular formula is C17H16N4O5S. The number of nitrogens with one attached hydrogen (secondary N) is 2. The number of hydrogen-bond donors (Lipinski definition) is 3. The number of carbonyl (C=O) groups excluding carboxylic acids is 1. The average molecular weight is 388 g/mol. The maximum Gasteiger partial charge on any atom is 0.293 e. The summed E-state index contributed by atoms with van der Waals surface area (Å²) in [7, 11) is -4.06. The van der Waals surface area contributed by atoms with Gasteiger partial charge in [0.1, 0.15) is 5.69 Å². The number of hydrogen-bond acceptors (Lipinski definition) is 6. The Morgan fingerprint density at radius 3 is 2.63 bits per heavy atom. The molecule has 2 rings (SSSR count). The van der Waals surface area contributed by atoms with E-state index in [9.17, 15) is 23.3 Å². The summed E-state index contributed by atoms with van der Waals surface area (Å²) in [6.45, 7) is 0.0935. The van der Waals surface area contributed by atoms with Crippen molar-refractivity contribution in [2.45, 2.75) is 11.3 Å². The van der Waals surface area contributed by atoms with Crippen molar-refractivity contribution in [1.29, 1.82) is 0 Å². The molecular weight excluding hydrogens is 372 g/mol. The molecule has 0 atom stereocenters. The fraction of sp³-hybridized carbons (Fsp3) is 0.118. The van der Waals surface area contributed by atoms with Gasteiger partial charge in [0, 0.05) is 30.3 Å². The van der Waals surface area contributed by atoms with Crippen LogP contribution in [0.4, 0.5) is 17.1 Å². The van der Waals surface area contributed by atoms with E-state index in [2.05, 4.69) is 16.6 Å². The van der Waals surface area contributed by atoms with Crippen molar-refractivity contribution < 1.29 is 18.1 Å². The van der Waals surface area contributed by atoms with Crippen molar-refractivity contribution in [2.24, 2.45) is 5.14 Å². The van der Waals surface area contributed by atoms with E-state index in [0.717, 1.165) is 12.1 Å². The molecule has 0 fully saturated rings. The molecule has 0 aromatic heterocycles. The van der Waals surface area contributed by atoms with Crippen LogP contribution in [-0.4, -0.2) is 25.8 Å². The first-order chi connectivity index (χ1) is 12.7. The first kappa shape index (κ1) is 19.9. The Hall–Kier alpha value is -3.42. The number of sulfonamides is 1. The smallest absolute Gasteiger partial charge is 0.293 e. The number of primary sulfonamides is 1. The molecule has 0 spiro atoms. The molecule has 2 aromatic rings. The fourth-order valence-corrected chi connectivity index (χ4v) is 2.74. The second-order valence-corrected chi connectivity index (χ2v) is 6.99. The van der Waals surface area contributed by atoms with Gasteiger partial charge in [-0.3, -0.25) is 14.9 Å². The molecule has 0 bridgehead atoms. The van der Waals surface area contributed by atoms with Crippen LogP contribution >= 0.6 is 0 Å². The zero-order chi connectivity index (χ0) is 20.0. The molecule has 1 amide bonds. The Kier molecular flexibility index (Phi) is 6.12. The summed E-state index contributed by atoms with van der Waals surface area (Å²) in [5, 5.41) is 21.5. The Bertz CT molecular complexity index is 1030. The van der Waals surface area contributed by atoms with Crippen LogP contribution in [0.5, 0.6) is 0 Å². The highest BCUT2D eigenvalue weighted by Crippen LogP contribution is 2.27. The van der Waals surface area contributed by atoms with Gasteiger partial charge in [-0.25, -0.2) is 13.6 Å². The number of nitro groups is 1. The monoisotopic (exact) mass is 388 g/mol. The Morgan fingerprint density at radius 1 is 1.26 bits per heavy atom. The van der Waals surface area contributed by atoms with Gasteiger partial charge in [-0.05, 0) is 30.3 Å². The number of nitrogens with zero attached hydrogens (tertiary/aromatic N) is 1. The van der Waals surface area contributed by atoms with Gasteiger partial charge in [0.25, 0.3) is 5.69 Å². The zero-order valence-corrected chi connectivity index (χ0v) is 14.8. The van der Waals surface area contributed by atoms with Gasteiger partial charge in [0.2, 0.25) is 15.9 Å². The summed E-state index contributed by atoms with van der Waals surface area (Å²) in [5.74, 6) is 2.14. The third-order valence-corrected chi connectivity index (χ3v) is 4.39. The molecule has 10 heteroatoms. The summed E-state index contributed by atoms with van der Waals surface area (Å²) in [6, 6.07) is 10.00. The van der Waals surface area contributed by atoms with E-state index in [4.69, 9.17) is 11.6 Å². The highest BCUT2D eigenvalue weighted by molar-refractivity contribution is 7.89. The summed E-state index contributed by atoms with van der Waals surface area (Å²) < 4.78 is 22.6. The maximum absolute atomic E-state index is 12.0. The lowest BCUT2D eigenvalue weighted by atomic mass is 10.2. The van der Waals surface area contributed by atoms with Gasteiger partial charge in [-0.15, -0.1) is 6.42 Å². The number of carbonyl (C=O) groups is 1. The third kappa shape index (κ3) is 5.53. The van der Waals surface area contributed by atoms with Gasteiger partial charge in [0.15, 0.2) is 0 Å². The standard InChI is InChI=1S/C17H16N4O5S/c1-2-12-4-3-5-13(10-12)20-17(22)8-9-19-15-7-6-14(27(18,25)26)11-16(15)21(23)24/h1,3-7,10-11,19H,8-9H2,(H,20,22)(H2,18,25,26). The molecule has 27 heavy (non-hydrogen) atoms. The van der Waals surface area contributed by atoms with Crippen molar-refractivity contribution in [1.82, 2.24) is 0 Å². The molecule has 0 aliphatic rings. The maximum atomic E-state index is 12.0. The minimum atomic E-state index is -4.06. The fourth-order valence-electron chi connectivity index (χ4n) is 2.21. The Labute approximate surface area is 155 Å². The second-order valence-electron chi connectivity index (χ2n) is 5.43. The number of rotatable bonds is 7. The van der Waals surface area contributed by atoms with E-state index in [1.165, 1.54) is 6.07 Å². The van der Waals surface area contributed by atoms with Crippen LogP contribution in [0.25, 0.3) is 0 Å². The molecule has 0 saturated heterocycles. The van der Waals surface area contributed by atoms with Crippen molar-refractivity contribution in [3.05, 3.63) is 58.1 Å². The van der Waals surface area contributed by atoms with Crippen molar-refractivity contribution in [3.8, 4) is 12.3 Å². The van der Waals surface area contributed by atoms with Crippen molar-refractivity contribution in [2.75, 3.05) is 17.2 Å². The lowest BCUT2D eigenvalue weighted by Crippen LogP contribution is -2.17. The van der Waals surface area contributed by atoms with E-state index in [-0.39, 0.29) is 29.5 Å². The minimum absolute atomic E-state index is 0.0222. The van der Waals surface area contributed by atoms with E-state index >= 15 is 0 Å². The number of nitro benzene ring substituents is 1. The topological polar surface area (TPSA) is 144 Å². The first-order valence-corrected chi connectivity index (χ1v) is 9.17. The number of terminal acetylenes is 1. The molecule has 0 aliphatic carbocycles. The molecule has 0 heterocycles. The van der Waals surface area contributed by atoms with Crippen LogP contribution in [0.2, 0.25) is 0 Å². The SMILES string of the molecule is C#Cc1cccc(NC(=O)CCNc2ccc(S(N)(=O)=O)cc2[N+](=O)[O-])c1. The number of benzene rings is 2. The zero-order valence-electron chi connectivity index (χ0n) is 14.0. The summed E-state index contributed by atoms with van der Waals surface area (Å²) in [5.41, 5.74) is 0.786. The van der Waals surface area contributed by atoms with Gasteiger partial charge < -0.3 is 10.6 Å². The molecule has 9 nitrogen and oxygen atoms in total. The Morgan fingerprint density at radius 2 is 2.00 bits per heavy atom. The molecule has 4 N–H and O–H groups in total. The van der Waals surface area contributed by atoms with E-state index in [1.807, 2.05) is 0 Å². The summed E-state index contributed by atoms with van der Waals surface area (Å²) in [6.07, 6.45) is 5.32. The van der Waals surface area contributed by atoms with Crippen LogP contribution in [0.15, 0.2) is 47.4 Å². The number of nitrogens with two attached hydrogens (primary N) is 1. The van der Waals surface area contributed by atoms with Crippen molar-refractivity contribution in [3.63, 3.8) is 0 Å². The van der Waals surface area contributed by atoms with Crippen LogP contribution in [0, 0.1) is 22.5 Å². The molecule has 0 radical (unpaired) electrons. The first-order valence-electron chi connectivity index (χ1n) is 7.62. The van der Waals surface area contributed by atoms with Crippen LogP contribution in [0.1, 0.15) is 12.0 Å². The van der Waals surface area contributed by atoms with E-state index in [1.54, 1.807) is 24.3 Å². The largest absolute Gasteiger partial charge is 0.379 e. The van der Waals surface area contributed by atoms with Gasteiger partial charge in [-0.2, -0.15) is 0 Å². The minimum Gasteiger partial charge on any atom is -0.379 e. The van der Waals surface area contributed by atoms with E-state index < -0.39 is 20.6 Å². The number of anilines is 2. The third-order valence-electron chi connectivity index (χ3n) is 3.47. The molecule has 0 unspecified atom stereocenters. The Balaban J connectivity index is 2.01. The predicted octanol–water partition coefficient (Wildman–Crippen LogP) is 1.66. The van der Waals surface area contributed by atoms with Crippen LogP contribution in [0.3, 0.4) is 0 Å². The normalized spacial score (nSPS) is 10.7. The lowest BCUT2D eigenvalue weighted by Gasteiger charge is -2.09. The van der Waals surface area contributed by atoms with Gasteiger partial charge >= 0.3 is 0 Å². The molecule has 140 valence electrons. The second kappa shape index (κ2) is 8.31. The summed E-state index contributed by atoms with van der Waals surface area (Å²) >= 11 is 0. The van der Waals surface area contributed by atoms with E-state index in [0.29, 0.717) is 11.3 Å². The lowest BCUT2D eigenvalue weighted by molar-refractivity contribution is -0.384. The van der Waals surface area contributed by atoms with Gasteiger partial charge in [-0.1, -0.05) is 12.0 Å². The van der Waals surface area contributed by atoms with Gasteiger partial charge in [0.05, 0.1) is 9.82 Å². The average Bonchev–Trinajstić information content (AvgIpc) is 2.61. The van der Waals surface area contributed by atoms with Crippen LogP contribution in [-0.2, 0) is 14.8 Å². The number of amides is 1. The predicted molar refractivity (Wildman–Crippen MR) is 101 cm³/mol. The van der Waals surface area contributed by atoms with Crippen molar-refractivity contribution >= 4 is 33.0 Å². The molecule has 0 saturated carbocycles. The molecule has 0 aliphatic heterocycles. The highest BCUT2D eigenvalue weighted by Gasteiger charge is 2.19. The highest BCUT2D eigenvalue weighted by atomic mass is 32.2. The quantitative estimate of drug-likeness (QED) is 0.374.